The summed E-state index contributed by atoms with van der Waals surface area (Å²) in [5, 5.41) is 15.3. The van der Waals surface area contributed by atoms with Crippen LogP contribution in [-0.4, -0.2) is 29.7 Å². The summed E-state index contributed by atoms with van der Waals surface area (Å²) in [6, 6.07) is 3.50. The molecule has 0 amide bonds. The minimum absolute atomic E-state index is 0.0261. The second-order valence-corrected chi connectivity index (χ2v) is 6.44. The second-order valence-electron chi connectivity index (χ2n) is 4.30. The first-order valence-corrected chi connectivity index (χ1v) is 7.69. The van der Waals surface area contributed by atoms with Gasteiger partial charge in [0.15, 0.2) is 0 Å². The van der Waals surface area contributed by atoms with Gasteiger partial charge in [0.2, 0.25) is 10.0 Å². The highest BCUT2D eigenvalue weighted by molar-refractivity contribution is 7.89. The lowest BCUT2D eigenvalue weighted by Gasteiger charge is -2.09. The molecule has 0 atom stereocenters. The Kier molecular flexibility index (Phi) is 4.31. The normalized spacial score (nSPS) is 11.5. The van der Waals surface area contributed by atoms with Crippen molar-refractivity contribution < 1.29 is 18.3 Å². The molecule has 1 aromatic carbocycles. The highest BCUT2D eigenvalue weighted by Crippen LogP contribution is 2.23. The third-order valence-electron chi connectivity index (χ3n) is 2.85. The molecule has 0 saturated heterocycles. The molecule has 112 valence electrons. The molecule has 1 heterocycles. The van der Waals surface area contributed by atoms with Gasteiger partial charge in [0.1, 0.15) is 4.90 Å². The average molecular weight is 330 g/mol. The number of aromatic carboxylic acids is 1. The van der Waals surface area contributed by atoms with E-state index in [1.54, 1.807) is 6.92 Å². The third kappa shape index (κ3) is 3.41. The van der Waals surface area contributed by atoms with Crippen molar-refractivity contribution in [3.63, 3.8) is 0 Å². The SMILES string of the molecule is Cc1[nH]ncc1CNS(=O)(=O)c1cc(C(=O)O)ccc1Cl. The van der Waals surface area contributed by atoms with Gasteiger partial charge in [0.25, 0.3) is 0 Å². The van der Waals surface area contributed by atoms with Crippen molar-refractivity contribution in [2.45, 2.75) is 18.4 Å². The van der Waals surface area contributed by atoms with Crippen molar-refractivity contribution in [2.24, 2.45) is 0 Å². The Morgan fingerprint density at radius 3 is 2.76 bits per heavy atom. The standard InChI is InChI=1S/C12H12ClN3O4S/c1-7-9(5-14-16-7)6-15-21(19,20)11-4-8(12(17)18)2-3-10(11)13/h2-5,15H,6H2,1H3,(H,14,16)(H,17,18). The van der Waals surface area contributed by atoms with Crippen LogP contribution in [0.3, 0.4) is 0 Å². The summed E-state index contributed by atoms with van der Waals surface area (Å²) in [5.41, 5.74) is 1.27. The number of benzene rings is 1. The number of carboxylic acids is 1. The first kappa shape index (κ1) is 15.5. The molecule has 2 aromatic rings. The van der Waals surface area contributed by atoms with Gasteiger partial charge in [0.05, 0.1) is 16.8 Å². The van der Waals surface area contributed by atoms with Gasteiger partial charge in [-0.1, -0.05) is 11.6 Å². The van der Waals surface area contributed by atoms with Crippen LogP contribution >= 0.6 is 11.6 Å². The molecule has 0 unspecified atom stereocenters. The van der Waals surface area contributed by atoms with Gasteiger partial charge in [0, 0.05) is 17.8 Å². The minimum atomic E-state index is -3.93. The molecule has 2 rings (SSSR count). The zero-order valence-corrected chi connectivity index (χ0v) is 12.5. The molecular weight excluding hydrogens is 318 g/mol. The predicted molar refractivity (Wildman–Crippen MR) is 75.8 cm³/mol. The highest BCUT2D eigenvalue weighted by atomic mass is 35.5. The number of aromatic nitrogens is 2. The molecule has 21 heavy (non-hydrogen) atoms. The van der Waals surface area contributed by atoms with Crippen molar-refractivity contribution >= 4 is 27.6 Å². The van der Waals surface area contributed by atoms with E-state index in [4.69, 9.17) is 16.7 Å². The molecular formula is C12H12ClN3O4S. The van der Waals surface area contributed by atoms with Crippen LogP contribution in [0.5, 0.6) is 0 Å². The number of aryl methyl sites for hydroxylation is 1. The molecule has 0 radical (unpaired) electrons. The van der Waals surface area contributed by atoms with Crippen LogP contribution in [0.1, 0.15) is 21.6 Å². The summed E-state index contributed by atoms with van der Waals surface area (Å²) in [5.74, 6) is -1.23. The number of aromatic amines is 1. The van der Waals surface area contributed by atoms with Crippen LogP contribution in [0, 0.1) is 6.92 Å². The van der Waals surface area contributed by atoms with Crippen molar-refractivity contribution in [3.05, 3.63) is 46.2 Å². The molecule has 1 aromatic heterocycles. The minimum Gasteiger partial charge on any atom is -0.478 e. The molecule has 0 aliphatic heterocycles. The van der Waals surface area contributed by atoms with Crippen LogP contribution in [-0.2, 0) is 16.6 Å². The number of nitrogens with one attached hydrogen (secondary N) is 2. The Hall–Kier alpha value is -1.90. The van der Waals surface area contributed by atoms with Crippen LogP contribution in [0.25, 0.3) is 0 Å². The van der Waals surface area contributed by atoms with Crippen LogP contribution in [0.15, 0.2) is 29.3 Å². The fourth-order valence-corrected chi connectivity index (χ4v) is 3.18. The van der Waals surface area contributed by atoms with E-state index in [2.05, 4.69) is 14.9 Å². The Bertz CT molecular complexity index is 786. The lowest BCUT2D eigenvalue weighted by molar-refractivity contribution is 0.0696. The van der Waals surface area contributed by atoms with Gasteiger partial charge in [-0.25, -0.2) is 17.9 Å². The van der Waals surface area contributed by atoms with Gasteiger partial charge in [-0.3, -0.25) is 5.10 Å². The maximum absolute atomic E-state index is 12.2. The summed E-state index contributed by atoms with van der Waals surface area (Å²) in [4.78, 5) is 10.6. The summed E-state index contributed by atoms with van der Waals surface area (Å²) < 4.78 is 26.8. The molecule has 0 aliphatic rings. The maximum atomic E-state index is 12.2. The van der Waals surface area contributed by atoms with Crippen molar-refractivity contribution in [3.8, 4) is 0 Å². The summed E-state index contributed by atoms with van der Waals surface area (Å²) >= 11 is 5.85. The molecule has 0 spiro atoms. The van der Waals surface area contributed by atoms with Crippen molar-refractivity contribution in [2.75, 3.05) is 0 Å². The maximum Gasteiger partial charge on any atom is 0.335 e. The monoisotopic (exact) mass is 329 g/mol. The van der Waals surface area contributed by atoms with E-state index in [-0.39, 0.29) is 22.0 Å². The molecule has 0 bridgehead atoms. The summed E-state index contributed by atoms with van der Waals surface area (Å²) in [6.07, 6.45) is 1.51. The zero-order chi connectivity index (χ0) is 15.6. The van der Waals surface area contributed by atoms with E-state index in [1.165, 1.54) is 18.3 Å². The van der Waals surface area contributed by atoms with E-state index >= 15 is 0 Å². The Morgan fingerprint density at radius 1 is 1.48 bits per heavy atom. The number of carboxylic acid groups (broad SMARTS) is 1. The number of rotatable bonds is 5. The van der Waals surface area contributed by atoms with E-state index in [1.807, 2.05) is 0 Å². The average Bonchev–Trinajstić information content (AvgIpc) is 2.82. The largest absolute Gasteiger partial charge is 0.478 e. The topological polar surface area (TPSA) is 112 Å². The van der Waals surface area contributed by atoms with E-state index in [0.717, 1.165) is 11.8 Å². The number of sulfonamides is 1. The molecule has 0 fully saturated rings. The Labute approximate surface area is 126 Å². The fraction of sp³-hybridized carbons (Fsp3) is 0.167. The summed E-state index contributed by atoms with van der Waals surface area (Å²) in [7, 11) is -3.93. The van der Waals surface area contributed by atoms with Gasteiger partial charge < -0.3 is 5.11 Å². The van der Waals surface area contributed by atoms with Gasteiger partial charge in [-0.2, -0.15) is 5.10 Å². The molecule has 3 N–H and O–H groups in total. The van der Waals surface area contributed by atoms with Crippen LogP contribution in [0.4, 0.5) is 0 Å². The zero-order valence-electron chi connectivity index (χ0n) is 10.9. The van der Waals surface area contributed by atoms with E-state index in [0.29, 0.717) is 5.56 Å². The van der Waals surface area contributed by atoms with Crippen LogP contribution < -0.4 is 4.72 Å². The van der Waals surface area contributed by atoms with Crippen molar-refractivity contribution in [1.82, 2.24) is 14.9 Å². The molecule has 0 aliphatic carbocycles. The van der Waals surface area contributed by atoms with Gasteiger partial charge in [-0.15, -0.1) is 0 Å². The lowest BCUT2D eigenvalue weighted by Crippen LogP contribution is -2.24. The number of halogens is 1. The van der Waals surface area contributed by atoms with E-state index in [9.17, 15) is 13.2 Å². The van der Waals surface area contributed by atoms with Gasteiger partial charge >= 0.3 is 5.97 Å². The highest BCUT2D eigenvalue weighted by Gasteiger charge is 2.20. The smallest absolute Gasteiger partial charge is 0.335 e. The molecule has 9 heteroatoms. The number of hydrogen-bond donors (Lipinski definition) is 3. The molecule has 0 saturated carbocycles. The third-order valence-corrected chi connectivity index (χ3v) is 4.74. The predicted octanol–water partition coefficient (Wildman–Crippen LogP) is 1.55. The first-order chi connectivity index (χ1) is 9.81. The van der Waals surface area contributed by atoms with Crippen LogP contribution in [0.2, 0.25) is 5.02 Å². The Balaban J connectivity index is 2.29. The summed E-state index contributed by atoms with van der Waals surface area (Å²) in [6.45, 7) is 1.78. The number of hydrogen-bond acceptors (Lipinski definition) is 4. The van der Waals surface area contributed by atoms with E-state index < -0.39 is 16.0 Å². The lowest BCUT2D eigenvalue weighted by atomic mass is 10.2. The quantitative estimate of drug-likeness (QED) is 0.770. The molecule has 7 nitrogen and oxygen atoms in total. The number of H-pyrrole nitrogens is 1. The number of carbonyl (C=O) groups is 1. The Morgan fingerprint density at radius 2 is 2.19 bits per heavy atom. The van der Waals surface area contributed by atoms with Crippen molar-refractivity contribution in [1.29, 1.82) is 0 Å². The fourth-order valence-electron chi connectivity index (χ4n) is 1.65. The second kappa shape index (κ2) is 5.84. The first-order valence-electron chi connectivity index (χ1n) is 5.82. The number of nitrogens with zero attached hydrogens (tertiary/aromatic N) is 1. The van der Waals surface area contributed by atoms with Gasteiger partial charge in [-0.05, 0) is 25.1 Å².